The van der Waals surface area contributed by atoms with Gasteiger partial charge < -0.3 is 14.7 Å². The Morgan fingerprint density at radius 3 is 2.69 bits per heavy atom. The van der Waals surface area contributed by atoms with Crippen LogP contribution in [0.25, 0.3) is 0 Å². The number of nitrogens with zero attached hydrogens (tertiary/aromatic N) is 1. The summed E-state index contributed by atoms with van der Waals surface area (Å²) in [5, 5.41) is 11.2. The number of carboxylic acids is 1. The summed E-state index contributed by atoms with van der Waals surface area (Å²) >= 11 is 1.64. The van der Waals surface area contributed by atoms with Crippen LogP contribution < -0.4 is 4.74 Å². The molecule has 1 spiro atoms. The average molecular weight is 371 g/mol. The minimum atomic E-state index is -0.694. The van der Waals surface area contributed by atoms with Crippen molar-refractivity contribution in [3.63, 3.8) is 0 Å². The Labute approximate surface area is 156 Å². The van der Waals surface area contributed by atoms with Crippen LogP contribution in [-0.4, -0.2) is 35.0 Å². The molecule has 1 saturated carbocycles. The van der Waals surface area contributed by atoms with Gasteiger partial charge in [-0.1, -0.05) is 12.1 Å². The zero-order valence-corrected chi connectivity index (χ0v) is 15.2. The number of aliphatic carboxylic acids is 1. The lowest BCUT2D eigenvalue weighted by Gasteiger charge is -2.32. The Balaban J connectivity index is 1.36. The SMILES string of the molecule is O=C(O)C1CC12CCN(C(=O)c1cccc(OCc3cccs3)c1)CC2. The minimum absolute atomic E-state index is 0.00560. The van der Waals surface area contributed by atoms with Crippen molar-refractivity contribution in [3.05, 3.63) is 52.2 Å². The zero-order chi connectivity index (χ0) is 18.1. The van der Waals surface area contributed by atoms with Gasteiger partial charge in [0.1, 0.15) is 12.4 Å². The van der Waals surface area contributed by atoms with Crippen molar-refractivity contribution in [2.24, 2.45) is 11.3 Å². The number of amides is 1. The standard InChI is InChI=1S/C20H21NO4S/c22-18(21-8-6-20(7-9-21)12-17(20)19(23)24)14-3-1-4-15(11-14)25-13-16-5-2-10-26-16/h1-5,10-11,17H,6-9,12-13H2,(H,23,24). The summed E-state index contributed by atoms with van der Waals surface area (Å²) in [7, 11) is 0. The largest absolute Gasteiger partial charge is 0.488 e. The van der Waals surface area contributed by atoms with Gasteiger partial charge in [-0.2, -0.15) is 0 Å². The third-order valence-electron chi connectivity index (χ3n) is 5.58. The van der Waals surface area contributed by atoms with Gasteiger partial charge in [-0.3, -0.25) is 9.59 Å². The van der Waals surface area contributed by atoms with Crippen molar-refractivity contribution in [2.45, 2.75) is 25.9 Å². The van der Waals surface area contributed by atoms with Gasteiger partial charge in [-0.15, -0.1) is 11.3 Å². The number of carbonyl (C=O) groups excluding carboxylic acids is 1. The number of likely N-dealkylation sites (tertiary alicyclic amines) is 1. The summed E-state index contributed by atoms with van der Waals surface area (Å²) in [6, 6.07) is 11.3. The summed E-state index contributed by atoms with van der Waals surface area (Å²) < 4.78 is 5.79. The molecule has 26 heavy (non-hydrogen) atoms. The Morgan fingerprint density at radius 2 is 2.04 bits per heavy atom. The Bertz CT molecular complexity index is 809. The summed E-state index contributed by atoms with van der Waals surface area (Å²) in [5.74, 6) is -0.228. The van der Waals surface area contributed by atoms with Crippen LogP contribution >= 0.6 is 11.3 Å². The van der Waals surface area contributed by atoms with Crippen molar-refractivity contribution in [3.8, 4) is 5.75 Å². The van der Waals surface area contributed by atoms with Gasteiger partial charge in [0.25, 0.3) is 5.91 Å². The number of hydrogen-bond acceptors (Lipinski definition) is 4. The molecule has 4 rings (SSSR count). The third-order valence-corrected chi connectivity index (χ3v) is 6.43. The Kier molecular flexibility index (Phi) is 4.44. The highest BCUT2D eigenvalue weighted by molar-refractivity contribution is 7.09. The highest BCUT2D eigenvalue weighted by Crippen LogP contribution is 2.59. The van der Waals surface area contributed by atoms with Crippen molar-refractivity contribution < 1.29 is 19.4 Å². The summed E-state index contributed by atoms with van der Waals surface area (Å²) in [6.07, 6.45) is 2.32. The minimum Gasteiger partial charge on any atom is -0.488 e. The van der Waals surface area contributed by atoms with E-state index in [0.29, 0.717) is 31.0 Å². The molecule has 2 aromatic rings. The molecule has 2 fully saturated rings. The van der Waals surface area contributed by atoms with Crippen molar-refractivity contribution in [1.82, 2.24) is 4.90 Å². The molecular formula is C20H21NO4S. The molecule has 1 aromatic carbocycles. The van der Waals surface area contributed by atoms with Crippen LogP contribution in [0.5, 0.6) is 5.75 Å². The van der Waals surface area contributed by atoms with Crippen LogP contribution in [0.4, 0.5) is 0 Å². The molecule has 1 N–H and O–H groups in total. The van der Waals surface area contributed by atoms with Crippen molar-refractivity contribution >= 4 is 23.2 Å². The number of hydrogen-bond donors (Lipinski definition) is 1. The first-order chi connectivity index (χ1) is 12.6. The molecule has 1 aliphatic heterocycles. The van der Waals surface area contributed by atoms with Crippen LogP contribution in [0.2, 0.25) is 0 Å². The molecule has 1 unspecified atom stereocenters. The van der Waals surface area contributed by atoms with Gasteiger partial charge in [0.15, 0.2) is 0 Å². The first kappa shape index (κ1) is 17.1. The molecule has 2 aliphatic rings. The van der Waals surface area contributed by atoms with E-state index in [1.807, 2.05) is 40.6 Å². The molecule has 1 aromatic heterocycles. The van der Waals surface area contributed by atoms with E-state index in [2.05, 4.69) is 0 Å². The van der Waals surface area contributed by atoms with Gasteiger partial charge in [0, 0.05) is 23.5 Å². The van der Waals surface area contributed by atoms with E-state index in [1.165, 1.54) is 0 Å². The Hall–Kier alpha value is -2.34. The Morgan fingerprint density at radius 1 is 1.23 bits per heavy atom. The molecular weight excluding hydrogens is 350 g/mol. The topological polar surface area (TPSA) is 66.8 Å². The fourth-order valence-electron chi connectivity index (χ4n) is 3.86. The summed E-state index contributed by atoms with van der Waals surface area (Å²) in [5.41, 5.74) is 0.559. The van der Waals surface area contributed by atoms with Gasteiger partial charge >= 0.3 is 5.97 Å². The van der Waals surface area contributed by atoms with E-state index in [4.69, 9.17) is 4.74 Å². The number of benzene rings is 1. The maximum absolute atomic E-state index is 12.8. The molecule has 136 valence electrons. The summed E-state index contributed by atoms with van der Waals surface area (Å²) in [6.45, 7) is 1.75. The van der Waals surface area contributed by atoms with Crippen LogP contribution in [0, 0.1) is 11.3 Å². The third kappa shape index (κ3) is 3.33. The van der Waals surface area contributed by atoms with Gasteiger partial charge in [0.05, 0.1) is 5.92 Å². The lowest BCUT2D eigenvalue weighted by atomic mass is 9.90. The van der Waals surface area contributed by atoms with Crippen LogP contribution in [0.15, 0.2) is 41.8 Å². The van der Waals surface area contributed by atoms with Crippen molar-refractivity contribution in [2.75, 3.05) is 13.1 Å². The number of ether oxygens (including phenoxy) is 1. The highest BCUT2D eigenvalue weighted by Gasteiger charge is 2.59. The molecule has 6 heteroatoms. The molecule has 2 heterocycles. The average Bonchev–Trinajstić information content (AvgIpc) is 3.11. The maximum Gasteiger partial charge on any atom is 0.307 e. The van der Waals surface area contributed by atoms with Crippen LogP contribution in [0.1, 0.15) is 34.5 Å². The second kappa shape index (κ2) is 6.76. The van der Waals surface area contributed by atoms with E-state index in [-0.39, 0.29) is 17.2 Å². The van der Waals surface area contributed by atoms with Crippen LogP contribution in [-0.2, 0) is 11.4 Å². The van der Waals surface area contributed by atoms with E-state index in [1.54, 1.807) is 17.4 Å². The monoisotopic (exact) mass is 371 g/mol. The maximum atomic E-state index is 12.8. The number of carbonyl (C=O) groups is 2. The number of piperidine rings is 1. The van der Waals surface area contributed by atoms with E-state index in [0.717, 1.165) is 24.1 Å². The quantitative estimate of drug-likeness (QED) is 0.871. The molecule has 1 saturated heterocycles. The smallest absolute Gasteiger partial charge is 0.307 e. The lowest BCUT2D eigenvalue weighted by molar-refractivity contribution is -0.139. The second-order valence-electron chi connectivity index (χ2n) is 7.15. The number of carboxylic acid groups (broad SMARTS) is 1. The van der Waals surface area contributed by atoms with Crippen molar-refractivity contribution in [1.29, 1.82) is 0 Å². The highest BCUT2D eigenvalue weighted by atomic mass is 32.1. The molecule has 5 nitrogen and oxygen atoms in total. The predicted molar refractivity (Wildman–Crippen MR) is 98.4 cm³/mol. The van der Waals surface area contributed by atoms with Gasteiger partial charge in [0.2, 0.25) is 0 Å². The predicted octanol–water partition coefficient (Wildman–Crippen LogP) is 3.65. The van der Waals surface area contributed by atoms with E-state index < -0.39 is 5.97 Å². The molecule has 0 bridgehead atoms. The summed E-state index contributed by atoms with van der Waals surface area (Å²) in [4.78, 5) is 26.9. The normalized spacial score (nSPS) is 20.8. The fraction of sp³-hybridized carbons (Fsp3) is 0.400. The molecule has 0 radical (unpaired) electrons. The first-order valence-electron chi connectivity index (χ1n) is 8.85. The zero-order valence-electron chi connectivity index (χ0n) is 14.4. The fourth-order valence-corrected chi connectivity index (χ4v) is 4.47. The van der Waals surface area contributed by atoms with Gasteiger partial charge in [-0.05, 0) is 54.3 Å². The molecule has 1 amide bonds. The molecule has 1 aliphatic carbocycles. The first-order valence-corrected chi connectivity index (χ1v) is 9.73. The number of thiophene rings is 1. The lowest BCUT2D eigenvalue weighted by Crippen LogP contribution is -2.40. The van der Waals surface area contributed by atoms with Gasteiger partial charge in [-0.25, -0.2) is 0 Å². The van der Waals surface area contributed by atoms with E-state index in [9.17, 15) is 14.7 Å². The number of rotatable bonds is 5. The molecule has 1 atom stereocenters. The second-order valence-corrected chi connectivity index (χ2v) is 8.18. The van der Waals surface area contributed by atoms with Crippen LogP contribution in [0.3, 0.4) is 0 Å². The van der Waals surface area contributed by atoms with E-state index >= 15 is 0 Å².